The fourth-order valence-electron chi connectivity index (χ4n) is 2.98. The number of anilines is 1. The molecule has 0 amide bonds. The molecule has 1 aromatic rings. The van der Waals surface area contributed by atoms with Gasteiger partial charge in [0.1, 0.15) is 5.82 Å². The molecule has 3 heteroatoms. The number of benzene rings is 1. The largest absolute Gasteiger partial charge is 0.366 e. The molecule has 0 atom stereocenters. The summed E-state index contributed by atoms with van der Waals surface area (Å²) in [4.78, 5) is 2.32. The fourth-order valence-corrected chi connectivity index (χ4v) is 3.33. The van der Waals surface area contributed by atoms with Gasteiger partial charge >= 0.3 is 0 Å². The summed E-state index contributed by atoms with van der Waals surface area (Å²) < 4.78 is 14.4. The van der Waals surface area contributed by atoms with Crippen LogP contribution in [0.25, 0.3) is 0 Å². The summed E-state index contributed by atoms with van der Waals surface area (Å²) in [6.45, 7) is 5.43. The Morgan fingerprint density at radius 3 is 2.55 bits per heavy atom. The summed E-state index contributed by atoms with van der Waals surface area (Å²) in [5, 5.41) is 0.708. The second-order valence-corrected chi connectivity index (χ2v) is 6.79. The van der Waals surface area contributed by atoms with Gasteiger partial charge in [-0.3, -0.25) is 0 Å². The maximum Gasteiger partial charge on any atom is 0.146 e. The van der Waals surface area contributed by atoms with Crippen molar-refractivity contribution in [3.63, 3.8) is 0 Å². The van der Waals surface area contributed by atoms with Crippen LogP contribution in [0.4, 0.5) is 10.1 Å². The zero-order valence-corrected chi connectivity index (χ0v) is 14.1. The molecule has 1 aromatic carbocycles. The lowest BCUT2D eigenvalue weighted by molar-refractivity contribution is 0.517. The highest BCUT2D eigenvalue weighted by atomic mass is 79.9. The van der Waals surface area contributed by atoms with Gasteiger partial charge in [-0.2, -0.15) is 0 Å². The monoisotopic (exact) mass is 341 g/mol. The topological polar surface area (TPSA) is 3.24 Å². The minimum absolute atomic E-state index is 0.0717. The Balaban J connectivity index is 2.20. The van der Waals surface area contributed by atoms with Crippen molar-refractivity contribution in [1.82, 2.24) is 0 Å². The van der Waals surface area contributed by atoms with Gasteiger partial charge in [-0.1, -0.05) is 48.7 Å². The van der Waals surface area contributed by atoms with E-state index in [2.05, 4.69) is 34.7 Å². The van der Waals surface area contributed by atoms with Gasteiger partial charge in [-0.25, -0.2) is 4.39 Å². The SMILES string of the molecule is CC(C)CCN(c1ccc(CBr)cc1F)C1CCCC1. The average Bonchev–Trinajstić information content (AvgIpc) is 2.94. The molecule has 0 saturated heterocycles. The van der Waals surface area contributed by atoms with E-state index in [1.54, 1.807) is 6.07 Å². The van der Waals surface area contributed by atoms with Gasteiger partial charge in [0, 0.05) is 17.9 Å². The molecule has 20 heavy (non-hydrogen) atoms. The van der Waals surface area contributed by atoms with E-state index in [4.69, 9.17) is 0 Å². The third-order valence-electron chi connectivity index (χ3n) is 4.19. The Kier molecular flexibility index (Phi) is 5.88. The van der Waals surface area contributed by atoms with Crippen LogP contribution in [0.2, 0.25) is 0 Å². The summed E-state index contributed by atoms with van der Waals surface area (Å²) in [6, 6.07) is 6.19. The minimum atomic E-state index is -0.0717. The standard InChI is InChI=1S/C17H25BrFN/c1-13(2)9-10-20(15-5-3-4-6-15)17-8-7-14(12-18)11-16(17)19/h7-8,11,13,15H,3-6,9-10,12H2,1-2H3. The predicted molar refractivity (Wildman–Crippen MR) is 88.1 cm³/mol. The van der Waals surface area contributed by atoms with Crippen molar-refractivity contribution in [2.45, 2.75) is 57.3 Å². The van der Waals surface area contributed by atoms with Crippen LogP contribution in [0.5, 0.6) is 0 Å². The Labute approximate surface area is 130 Å². The zero-order chi connectivity index (χ0) is 14.5. The van der Waals surface area contributed by atoms with Crippen LogP contribution in [0, 0.1) is 11.7 Å². The number of alkyl halides is 1. The zero-order valence-electron chi connectivity index (χ0n) is 12.5. The first-order valence-electron chi connectivity index (χ1n) is 7.73. The van der Waals surface area contributed by atoms with Gasteiger partial charge < -0.3 is 4.90 Å². The Morgan fingerprint density at radius 1 is 1.30 bits per heavy atom. The number of rotatable bonds is 6. The maximum atomic E-state index is 14.4. The van der Waals surface area contributed by atoms with E-state index in [1.807, 2.05) is 12.1 Å². The van der Waals surface area contributed by atoms with E-state index < -0.39 is 0 Å². The molecule has 1 aliphatic rings. The van der Waals surface area contributed by atoms with Crippen LogP contribution < -0.4 is 4.90 Å². The quantitative estimate of drug-likeness (QED) is 0.616. The van der Waals surface area contributed by atoms with Crippen LogP contribution in [-0.2, 0) is 5.33 Å². The number of hydrogen-bond acceptors (Lipinski definition) is 1. The predicted octanol–water partition coefficient (Wildman–Crippen LogP) is 5.52. The van der Waals surface area contributed by atoms with Gasteiger partial charge in [0.2, 0.25) is 0 Å². The molecule has 1 nitrogen and oxygen atoms in total. The first-order chi connectivity index (χ1) is 9.61. The summed E-state index contributed by atoms with van der Waals surface area (Å²) in [5.74, 6) is 0.585. The van der Waals surface area contributed by atoms with Crippen molar-refractivity contribution < 1.29 is 4.39 Å². The Bertz CT molecular complexity index is 427. The van der Waals surface area contributed by atoms with E-state index in [0.29, 0.717) is 17.3 Å². The van der Waals surface area contributed by atoms with Crippen LogP contribution >= 0.6 is 15.9 Å². The van der Waals surface area contributed by atoms with Gasteiger partial charge in [0.05, 0.1) is 5.69 Å². The van der Waals surface area contributed by atoms with E-state index in [-0.39, 0.29) is 5.82 Å². The first kappa shape index (κ1) is 15.8. The molecule has 112 valence electrons. The normalized spacial score (nSPS) is 16.1. The molecule has 0 N–H and O–H groups in total. The number of halogens is 2. The van der Waals surface area contributed by atoms with Crippen LogP contribution in [0.1, 0.15) is 51.5 Å². The lowest BCUT2D eigenvalue weighted by Gasteiger charge is -2.32. The Morgan fingerprint density at radius 2 is 2.00 bits per heavy atom. The molecule has 0 aromatic heterocycles. The number of hydrogen-bond donors (Lipinski definition) is 0. The first-order valence-corrected chi connectivity index (χ1v) is 8.85. The second-order valence-electron chi connectivity index (χ2n) is 6.23. The van der Waals surface area contributed by atoms with E-state index in [1.165, 1.54) is 25.7 Å². The molecule has 1 fully saturated rings. The second kappa shape index (κ2) is 7.44. The highest BCUT2D eigenvalue weighted by molar-refractivity contribution is 9.08. The van der Waals surface area contributed by atoms with E-state index in [0.717, 1.165) is 24.2 Å². The van der Waals surface area contributed by atoms with Gasteiger partial charge in [-0.15, -0.1) is 0 Å². The highest BCUT2D eigenvalue weighted by Crippen LogP contribution is 2.31. The molecular weight excluding hydrogens is 317 g/mol. The molecule has 0 heterocycles. The highest BCUT2D eigenvalue weighted by Gasteiger charge is 2.24. The molecule has 1 saturated carbocycles. The lowest BCUT2D eigenvalue weighted by Crippen LogP contribution is -2.35. The summed E-state index contributed by atoms with van der Waals surface area (Å²) >= 11 is 3.39. The van der Waals surface area contributed by atoms with Gasteiger partial charge in [0.25, 0.3) is 0 Å². The van der Waals surface area contributed by atoms with Crippen molar-refractivity contribution in [2.75, 3.05) is 11.4 Å². The molecule has 0 unspecified atom stereocenters. The number of nitrogens with zero attached hydrogens (tertiary/aromatic N) is 1. The summed E-state index contributed by atoms with van der Waals surface area (Å²) in [6.07, 6.45) is 6.10. The molecular formula is C17H25BrFN. The fraction of sp³-hybridized carbons (Fsp3) is 0.647. The molecule has 1 aliphatic carbocycles. The molecule has 2 rings (SSSR count). The van der Waals surface area contributed by atoms with Crippen LogP contribution in [-0.4, -0.2) is 12.6 Å². The van der Waals surface area contributed by atoms with Gasteiger partial charge in [-0.05, 0) is 42.9 Å². The van der Waals surface area contributed by atoms with Crippen LogP contribution in [0.15, 0.2) is 18.2 Å². The molecule has 0 radical (unpaired) electrons. The maximum absolute atomic E-state index is 14.4. The summed E-state index contributed by atoms with van der Waals surface area (Å²) in [5.41, 5.74) is 1.80. The van der Waals surface area contributed by atoms with Crippen LogP contribution in [0.3, 0.4) is 0 Å². The average molecular weight is 342 g/mol. The third kappa shape index (κ3) is 3.97. The van der Waals surface area contributed by atoms with Crippen molar-refractivity contribution in [3.05, 3.63) is 29.6 Å². The smallest absolute Gasteiger partial charge is 0.146 e. The Hall–Kier alpha value is -0.570. The molecule has 0 bridgehead atoms. The lowest BCUT2D eigenvalue weighted by atomic mass is 10.1. The van der Waals surface area contributed by atoms with Crippen molar-refractivity contribution >= 4 is 21.6 Å². The third-order valence-corrected chi connectivity index (χ3v) is 4.84. The minimum Gasteiger partial charge on any atom is -0.366 e. The summed E-state index contributed by atoms with van der Waals surface area (Å²) in [7, 11) is 0. The van der Waals surface area contributed by atoms with E-state index in [9.17, 15) is 4.39 Å². The molecule has 0 spiro atoms. The molecule has 0 aliphatic heterocycles. The van der Waals surface area contributed by atoms with E-state index >= 15 is 0 Å². The van der Waals surface area contributed by atoms with Crippen molar-refractivity contribution in [3.8, 4) is 0 Å². The van der Waals surface area contributed by atoms with Crippen molar-refractivity contribution in [1.29, 1.82) is 0 Å². The van der Waals surface area contributed by atoms with Gasteiger partial charge in [0.15, 0.2) is 0 Å². The van der Waals surface area contributed by atoms with Crippen molar-refractivity contribution in [2.24, 2.45) is 5.92 Å².